The van der Waals surface area contributed by atoms with Crippen molar-refractivity contribution in [2.24, 2.45) is 23.7 Å². The van der Waals surface area contributed by atoms with Crippen molar-refractivity contribution in [2.75, 3.05) is 0 Å². The Bertz CT molecular complexity index is 204. The molecule has 0 aliphatic heterocycles. The Balaban J connectivity index is 1.80. The summed E-state index contributed by atoms with van der Waals surface area (Å²) in [6.45, 7) is 0. The fourth-order valence-corrected chi connectivity index (χ4v) is 3.65. The lowest BCUT2D eigenvalue weighted by molar-refractivity contribution is 0.0859. The van der Waals surface area contributed by atoms with Gasteiger partial charge in [0.05, 0.1) is 0 Å². The normalized spacial score (nSPS) is 50.7. The Morgan fingerprint density at radius 2 is 1.75 bits per heavy atom. The summed E-state index contributed by atoms with van der Waals surface area (Å²) < 4.78 is 0. The Morgan fingerprint density at radius 1 is 0.833 bits per heavy atom. The first-order chi connectivity index (χ1) is 5.95. The standard InChI is InChI=1S/C12H18/c1-2-4-11-9(3-1)5-6-10-7-8-12(10)11/h7-12H,1-6H2. The zero-order valence-electron chi connectivity index (χ0n) is 7.71. The molecule has 0 radical (unpaired) electrons. The maximum absolute atomic E-state index is 2.49. The van der Waals surface area contributed by atoms with Crippen molar-refractivity contribution in [1.82, 2.24) is 0 Å². The third-order valence-corrected chi connectivity index (χ3v) is 4.41. The molecule has 0 heteroatoms. The highest BCUT2D eigenvalue weighted by molar-refractivity contribution is 5.14. The number of hydrogen-bond acceptors (Lipinski definition) is 0. The Morgan fingerprint density at radius 3 is 2.58 bits per heavy atom. The van der Waals surface area contributed by atoms with E-state index in [2.05, 4.69) is 12.2 Å². The molecular weight excluding hydrogens is 144 g/mol. The van der Waals surface area contributed by atoms with Crippen molar-refractivity contribution in [3.05, 3.63) is 12.2 Å². The molecular formula is C12H18. The van der Waals surface area contributed by atoms with Crippen LogP contribution in [0, 0.1) is 23.7 Å². The van der Waals surface area contributed by atoms with Crippen LogP contribution in [-0.2, 0) is 0 Å². The Labute approximate surface area is 75.0 Å². The molecule has 0 nitrogen and oxygen atoms in total. The first-order valence-electron chi connectivity index (χ1n) is 5.63. The molecule has 0 bridgehead atoms. The lowest BCUT2D eigenvalue weighted by Gasteiger charge is -2.47. The third kappa shape index (κ3) is 0.901. The van der Waals surface area contributed by atoms with Crippen LogP contribution >= 0.6 is 0 Å². The van der Waals surface area contributed by atoms with E-state index in [0.717, 1.165) is 23.7 Å². The van der Waals surface area contributed by atoms with Gasteiger partial charge in [0.1, 0.15) is 0 Å². The average molecular weight is 162 g/mol. The minimum absolute atomic E-state index is 1.00. The minimum Gasteiger partial charge on any atom is -0.0845 e. The minimum atomic E-state index is 1.00. The summed E-state index contributed by atoms with van der Waals surface area (Å²) in [6, 6.07) is 0. The second-order valence-corrected chi connectivity index (χ2v) is 4.91. The summed E-state index contributed by atoms with van der Waals surface area (Å²) in [7, 11) is 0. The average Bonchev–Trinajstić information content (AvgIpc) is 2.05. The van der Waals surface area contributed by atoms with E-state index < -0.39 is 0 Å². The van der Waals surface area contributed by atoms with E-state index >= 15 is 0 Å². The lowest BCUT2D eigenvalue weighted by Crippen LogP contribution is -2.38. The molecule has 0 N–H and O–H groups in total. The number of hydrogen-bond donors (Lipinski definition) is 0. The van der Waals surface area contributed by atoms with E-state index in [0.29, 0.717) is 0 Å². The van der Waals surface area contributed by atoms with Crippen LogP contribution in [0.4, 0.5) is 0 Å². The van der Waals surface area contributed by atoms with Gasteiger partial charge in [-0.15, -0.1) is 0 Å². The van der Waals surface area contributed by atoms with E-state index in [1.807, 2.05) is 0 Å². The molecule has 0 aromatic rings. The van der Waals surface area contributed by atoms with E-state index in [9.17, 15) is 0 Å². The molecule has 12 heavy (non-hydrogen) atoms. The van der Waals surface area contributed by atoms with Gasteiger partial charge >= 0.3 is 0 Å². The van der Waals surface area contributed by atoms with Gasteiger partial charge in [-0.1, -0.05) is 31.4 Å². The van der Waals surface area contributed by atoms with Crippen LogP contribution in [0.25, 0.3) is 0 Å². The first kappa shape index (κ1) is 7.17. The topological polar surface area (TPSA) is 0 Å². The van der Waals surface area contributed by atoms with Crippen LogP contribution in [0.5, 0.6) is 0 Å². The third-order valence-electron chi connectivity index (χ3n) is 4.41. The SMILES string of the molecule is C1=CC2C1CCC1CCCCC12. The van der Waals surface area contributed by atoms with Crippen LogP contribution < -0.4 is 0 Å². The monoisotopic (exact) mass is 162 g/mol. The molecule has 3 aliphatic rings. The van der Waals surface area contributed by atoms with Crippen LogP contribution in [0.2, 0.25) is 0 Å². The Kier molecular flexibility index (Phi) is 1.56. The molecule has 3 aliphatic carbocycles. The van der Waals surface area contributed by atoms with Crippen LogP contribution in [-0.4, -0.2) is 0 Å². The fraction of sp³-hybridized carbons (Fsp3) is 0.833. The zero-order chi connectivity index (χ0) is 7.97. The molecule has 0 aromatic heterocycles. The van der Waals surface area contributed by atoms with Gasteiger partial charge in [0.2, 0.25) is 0 Å². The predicted octanol–water partition coefficient (Wildman–Crippen LogP) is 3.39. The predicted molar refractivity (Wildman–Crippen MR) is 50.8 cm³/mol. The smallest absolute Gasteiger partial charge is 0.0139 e. The maximum Gasteiger partial charge on any atom is -0.0139 e. The molecule has 4 unspecified atom stereocenters. The molecule has 0 spiro atoms. The first-order valence-corrected chi connectivity index (χ1v) is 5.63. The van der Waals surface area contributed by atoms with Crippen molar-refractivity contribution in [1.29, 1.82) is 0 Å². The van der Waals surface area contributed by atoms with Gasteiger partial charge in [0.25, 0.3) is 0 Å². The summed E-state index contributed by atoms with van der Waals surface area (Å²) in [5.41, 5.74) is 0. The van der Waals surface area contributed by atoms with E-state index in [-0.39, 0.29) is 0 Å². The van der Waals surface area contributed by atoms with Gasteiger partial charge in [0.15, 0.2) is 0 Å². The van der Waals surface area contributed by atoms with Crippen molar-refractivity contribution in [3.8, 4) is 0 Å². The van der Waals surface area contributed by atoms with Gasteiger partial charge in [-0.3, -0.25) is 0 Å². The molecule has 0 amide bonds. The zero-order valence-corrected chi connectivity index (χ0v) is 7.71. The van der Waals surface area contributed by atoms with E-state index in [4.69, 9.17) is 0 Å². The Hall–Kier alpha value is -0.260. The number of rotatable bonds is 0. The molecule has 2 saturated carbocycles. The van der Waals surface area contributed by atoms with Crippen molar-refractivity contribution in [2.45, 2.75) is 38.5 Å². The van der Waals surface area contributed by atoms with Gasteiger partial charge in [-0.25, -0.2) is 0 Å². The molecule has 2 fully saturated rings. The van der Waals surface area contributed by atoms with Gasteiger partial charge in [0, 0.05) is 0 Å². The van der Waals surface area contributed by atoms with Crippen LogP contribution in [0.1, 0.15) is 38.5 Å². The van der Waals surface area contributed by atoms with Crippen LogP contribution in [0.15, 0.2) is 12.2 Å². The van der Waals surface area contributed by atoms with Gasteiger partial charge in [-0.05, 0) is 42.9 Å². The molecule has 66 valence electrons. The maximum atomic E-state index is 2.49. The highest BCUT2D eigenvalue weighted by Gasteiger charge is 2.41. The molecule has 4 atom stereocenters. The fourth-order valence-electron chi connectivity index (χ4n) is 3.65. The largest absolute Gasteiger partial charge is 0.0845 e. The number of allylic oxidation sites excluding steroid dienone is 2. The van der Waals surface area contributed by atoms with E-state index in [1.165, 1.54) is 32.1 Å². The summed E-state index contributed by atoms with van der Waals surface area (Å²) in [4.78, 5) is 0. The van der Waals surface area contributed by atoms with Crippen LogP contribution in [0.3, 0.4) is 0 Å². The summed E-state index contributed by atoms with van der Waals surface area (Å²) in [5.74, 6) is 4.24. The summed E-state index contributed by atoms with van der Waals surface area (Å²) in [6.07, 6.45) is 14.1. The molecule has 0 aromatic carbocycles. The van der Waals surface area contributed by atoms with E-state index in [1.54, 1.807) is 6.42 Å². The van der Waals surface area contributed by atoms with Gasteiger partial charge < -0.3 is 0 Å². The van der Waals surface area contributed by atoms with Crippen molar-refractivity contribution < 1.29 is 0 Å². The molecule has 3 rings (SSSR count). The second-order valence-electron chi connectivity index (χ2n) is 4.91. The molecule has 0 heterocycles. The number of fused-ring (bicyclic) bond motifs is 3. The summed E-state index contributed by atoms with van der Waals surface area (Å²) in [5, 5.41) is 0. The van der Waals surface area contributed by atoms with Crippen molar-refractivity contribution in [3.63, 3.8) is 0 Å². The molecule has 0 saturated heterocycles. The summed E-state index contributed by atoms with van der Waals surface area (Å²) >= 11 is 0. The lowest BCUT2D eigenvalue weighted by atomic mass is 9.58. The quantitative estimate of drug-likeness (QED) is 0.479. The van der Waals surface area contributed by atoms with Crippen molar-refractivity contribution >= 4 is 0 Å². The second kappa shape index (κ2) is 2.61. The highest BCUT2D eigenvalue weighted by Crippen LogP contribution is 2.50. The van der Waals surface area contributed by atoms with Gasteiger partial charge in [-0.2, -0.15) is 0 Å². The highest BCUT2D eigenvalue weighted by atomic mass is 14.5.